The van der Waals surface area contributed by atoms with E-state index in [1.54, 1.807) is 6.21 Å². The number of H-pyrrole nitrogens is 1. The molecule has 0 spiro atoms. The van der Waals surface area contributed by atoms with Crippen molar-refractivity contribution in [1.82, 2.24) is 10.4 Å². The molecule has 128 valence electrons. The van der Waals surface area contributed by atoms with Crippen molar-refractivity contribution in [3.05, 3.63) is 71.4 Å². The SMILES string of the molecule is CC(C)(C)c1ccc(/C=N\NC(=O)Cc2c[nH]c3ccccc23)cc1. The number of benzene rings is 2. The predicted octanol–water partition coefficient (Wildman–Crippen LogP) is 4.16. The van der Waals surface area contributed by atoms with E-state index >= 15 is 0 Å². The van der Waals surface area contributed by atoms with Crippen LogP contribution >= 0.6 is 0 Å². The molecule has 3 aromatic rings. The van der Waals surface area contributed by atoms with Crippen LogP contribution in [-0.4, -0.2) is 17.1 Å². The number of carbonyl (C=O) groups is 1. The summed E-state index contributed by atoms with van der Waals surface area (Å²) >= 11 is 0. The molecule has 0 bridgehead atoms. The molecular weight excluding hydrogens is 310 g/mol. The van der Waals surface area contributed by atoms with Crippen LogP contribution in [0.5, 0.6) is 0 Å². The standard InChI is InChI=1S/C21H23N3O/c1-21(2,3)17-10-8-15(9-11-17)13-23-24-20(25)12-16-14-22-19-7-5-4-6-18(16)19/h4-11,13-14,22H,12H2,1-3H3,(H,24,25)/b23-13-. The molecule has 2 aromatic carbocycles. The number of rotatable bonds is 4. The molecule has 0 saturated carbocycles. The van der Waals surface area contributed by atoms with Crippen LogP contribution < -0.4 is 5.43 Å². The van der Waals surface area contributed by atoms with Crippen LogP contribution in [0.1, 0.15) is 37.5 Å². The minimum atomic E-state index is -0.132. The Hall–Kier alpha value is -2.88. The average molecular weight is 333 g/mol. The van der Waals surface area contributed by atoms with E-state index in [0.717, 1.165) is 22.0 Å². The van der Waals surface area contributed by atoms with Crippen molar-refractivity contribution in [2.75, 3.05) is 0 Å². The van der Waals surface area contributed by atoms with Crippen molar-refractivity contribution in [2.45, 2.75) is 32.6 Å². The Balaban J connectivity index is 1.59. The Kier molecular flexibility index (Phi) is 4.70. The fourth-order valence-corrected chi connectivity index (χ4v) is 2.74. The second kappa shape index (κ2) is 6.93. The van der Waals surface area contributed by atoms with Gasteiger partial charge in [-0.2, -0.15) is 5.10 Å². The highest BCUT2D eigenvalue weighted by atomic mass is 16.2. The molecule has 4 heteroatoms. The minimum Gasteiger partial charge on any atom is -0.361 e. The number of fused-ring (bicyclic) bond motifs is 1. The molecule has 0 fully saturated rings. The molecule has 3 rings (SSSR count). The maximum atomic E-state index is 12.1. The van der Waals surface area contributed by atoms with Crippen molar-refractivity contribution in [3.8, 4) is 0 Å². The summed E-state index contributed by atoms with van der Waals surface area (Å²) < 4.78 is 0. The predicted molar refractivity (Wildman–Crippen MR) is 103 cm³/mol. The van der Waals surface area contributed by atoms with E-state index in [1.165, 1.54) is 5.56 Å². The first-order valence-corrected chi connectivity index (χ1v) is 8.41. The number of nitrogens with one attached hydrogen (secondary N) is 2. The molecule has 0 aliphatic rings. The Bertz CT molecular complexity index is 899. The first kappa shape index (κ1) is 17.0. The Morgan fingerprint density at radius 2 is 1.84 bits per heavy atom. The van der Waals surface area contributed by atoms with Gasteiger partial charge in [0.2, 0.25) is 5.91 Å². The van der Waals surface area contributed by atoms with Crippen LogP contribution in [0.4, 0.5) is 0 Å². The number of carbonyl (C=O) groups excluding carboxylic acids is 1. The highest BCUT2D eigenvalue weighted by Crippen LogP contribution is 2.21. The number of amides is 1. The van der Waals surface area contributed by atoms with Gasteiger partial charge >= 0.3 is 0 Å². The van der Waals surface area contributed by atoms with Crippen molar-refractivity contribution >= 4 is 23.0 Å². The van der Waals surface area contributed by atoms with E-state index in [2.05, 4.69) is 48.4 Å². The van der Waals surface area contributed by atoms with Gasteiger partial charge in [0.1, 0.15) is 0 Å². The van der Waals surface area contributed by atoms with E-state index < -0.39 is 0 Å². The molecule has 0 aliphatic heterocycles. The zero-order chi connectivity index (χ0) is 17.9. The third-order valence-corrected chi connectivity index (χ3v) is 4.21. The molecule has 0 radical (unpaired) electrons. The number of hydrogen-bond acceptors (Lipinski definition) is 2. The molecule has 25 heavy (non-hydrogen) atoms. The average Bonchev–Trinajstić information content (AvgIpc) is 2.98. The second-order valence-electron chi connectivity index (χ2n) is 7.20. The summed E-state index contributed by atoms with van der Waals surface area (Å²) in [5, 5.41) is 5.13. The molecule has 1 aromatic heterocycles. The summed E-state index contributed by atoms with van der Waals surface area (Å²) in [4.78, 5) is 15.3. The summed E-state index contributed by atoms with van der Waals surface area (Å²) in [6.45, 7) is 6.54. The number of para-hydroxylation sites is 1. The summed E-state index contributed by atoms with van der Waals surface area (Å²) in [5.41, 5.74) is 6.96. The largest absolute Gasteiger partial charge is 0.361 e. The van der Waals surface area contributed by atoms with Gasteiger partial charge in [0.05, 0.1) is 12.6 Å². The zero-order valence-electron chi connectivity index (χ0n) is 14.8. The highest BCUT2D eigenvalue weighted by Gasteiger charge is 2.12. The molecule has 0 saturated heterocycles. The topological polar surface area (TPSA) is 57.2 Å². The van der Waals surface area contributed by atoms with Crippen molar-refractivity contribution in [1.29, 1.82) is 0 Å². The van der Waals surface area contributed by atoms with Crippen molar-refractivity contribution in [3.63, 3.8) is 0 Å². The fourth-order valence-electron chi connectivity index (χ4n) is 2.74. The lowest BCUT2D eigenvalue weighted by atomic mass is 9.87. The summed E-state index contributed by atoms with van der Waals surface area (Å²) in [7, 11) is 0. The number of hydrogen-bond donors (Lipinski definition) is 2. The van der Waals surface area contributed by atoms with Gasteiger partial charge < -0.3 is 4.98 Å². The normalized spacial score (nSPS) is 12.0. The monoisotopic (exact) mass is 333 g/mol. The molecule has 4 nitrogen and oxygen atoms in total. The van der Waals surface area contributed by atoms with Crippen LogP contribution in [0.2, 0.25) is 0 Å². The zero-order valence-corrected chi connectivity index (χ0v) is 14.8. The third-order valence-electron chi connectivity index (χ3n) is 4.21. The van der Waals surface area contributed by atoms with Gasteiger partial charge in [0.15, 0.2) is 0 Å². The van der Waals surface area contributed by atoms with E-state index in [1.807, 2.05) is 42.6 Å². The minimum absolute atomic E-state index is 0.128. The second-order valence-corrected chi connectivity index (χ2v) is 7.20. The quantitative estimate of drug-likeness (QED) is 0.547. The van der Waals surface area contributed by atoms with Crippen molar-refractivity contribution < 1.29 is 4.79 Å². The molecule has 1 amide bonds. The number of nitrogens with zero attached hydrogens (tertiary/aromatic N) is 1. The number of hydrazone groups is 1. The highest BCUT2D eigenvalue weighted by molar-refractivity contribution is 5.89. The van der Waals surface area contributed by atoms with Crippen LogP contribution in [-0.2, 0) is 16.6 Å². The van der Waals surface area contributed by atoms with Crippen LogP contribution in [0.15, 0.2) is 59.8 Å². The van der Waals surface area contributed by atoms with E-state index in [4.69, 9.17) is 0 Å². The molecular formula is C21H23N3O. The maximum absolute atomic E-state index is 12.1. The molecule has 2 N–H and O–H groups in total. The lowest BCUT2D eigenvalue weighted by Gasteiger charge is -2.18. The lowest BCUT2D eigenvalue weighted by molar-refractivity contribution is -0.120. The smallest absolute Gasteiger partial charge is 0.244 e. The fraction of sp³-hybridized carbons (Fsp3) is 0.238. The first-order valence-electron chi connectivity index (χ1n) is 8.41. The van der Waals surface area contributed by atoms with Crippen LogP contribution in [0.3, 0.4) is 0 Å². The van der Waals surface area contributed by atoms with Gasteiger partial charge in [0, 0.05) is 17.1 Å². The van der Waals surface area contributed by atoms with Crippen LogP contribution in [0, 0.1) is 0 Å². The van der Waals surface area contributed by atoms with Crippen molar-refractivity contribution in [2.24, 2.45) is 5.10 Å². The van der Waals surface area contributed by atoms with Gasteiger partial charge in [-0.25, -0.2) is 5.43 Å². The summed E-state index contributed by atoms with van der Waals surface area (Å²) in [6.07, 6.45) is 3.84. The first-order chi connectivity index (χ1) is 11.9. The van der Waals surface area contributed by atoms with E-state index in [9.17, 15) is 4.79 Å². The molecule has 1 heterocycles. The molecule has 0 unspecified atom stereocenters. The van der Waals surface area contributed by atoms with Gasteiger partial charge in [-0.05, 0) is 28.2 Å². The maximum Gasteiger partial charge on any atom is 0.244 e. The summed E-state index contributed by atoms with van der Waals surface area (Å²) in [5.74, 6) is -0.132. The van der Waals surface area contributed by atoms with Gasteiger partial charge in [-0.15, -0.1) is 0 Å². The Labute approximate surface area is 148 Å². The van der Waals surface area contributed by atoms with Gasteiger partial charge in [-0.3, -0.25) is 4.79 Å². The third kappa shape index (κ3) is 4.15. The van der Waals surface area contributed by atoms with Gasteiger partial charge in [0.25, 0.3) is 0 Å². The molecule has 0 aliphatic carbocycles. The van der Waals surface area contributed by atoms with E-state index in [0.29, 0.717) is 6.42 Å². The van der Waals surface area contributed by atoms with Crippen LogP contribution in [0.25, 0.3) is 10.9 Å². The van der Waals surface area contributed by atoms with E-state index in [-0.39, 0.29) is 11.3 Å². The van der Waals surface area contributed by atoms with Gasteiger partial charge in [-0.1, -0.05) is 63.2 Å². The summed E-state index contributed by atoms with van der Waals surface area (Å²) in [6, 6.07) is 16.1. The Morgan fingerprint density at radius 3 is 2.56 bits per heavy atom. The number of aromatic nitrogens is 1. The molecule has 0 atom stereocenters. The number of aromatic amines is 1. The Morgan fingerprint density at radius 1 is 1.12 bits per heavy atom. The lowest BCUT2D eigenvalue weighted by Crippen LogP contribution is -2.19.